The highest BCUT2D eigenvalue weighted by molar-refractivity contribution is 5.70. The lowest BCUT2D eigenvalue weighted by atomic mass is 10.1. The van der Waals surface area contributed by atoms with E-state index in [1.54, 1.807) is 24.3 Å². The second-order valence-electron chi connectivity index (χ2n) is 3.80. The molecule has 0 aliphatic carbocycles. The summed E-state index contributed by atoms with van der Waals surface area (Å²) < 4.78 is 0. The molecule has 0 unspecified atom stereocenters. The third-order valence-electron chi connectivity index (χ3n) is 2.55. The van der Waals surface area contributed by atoms with Gasteiger partial charge in [0.25, 0.3) is 0 Å². The van der Waals surface area contributed by atoms with Crippen molar-refractivity contribution in [1.82, 2.24) is 0 Å². The van der Waals surface area contributed by atoms with E-state index in [4.69, 9.17) is 10.5 Å². The molecule has 0 spiro atoms. The second-order valence-corrected chi connectivity index (χ2v) is 3.80. The summed E-state index contributed by atoms with van der Waals surface area (Å²) in [4.78, 5) is 0. The van der Waals surface area contributed by atoms with Gasteiger partial charge in [-0.05, 0) is 35.4 Å². The number of rotatable bonds is 2. The summed E-state index contributed by atoms with van der Waals surface area (Å²) in [7, 11) is 0. The van der Waals surface area contributed by atoms with Crippen LogP contribution in [0.3, 0.4) is 0 Å². The van der Waals surface area contributed by atoms with E-state index in [0.29, 0.717) is 11.1 Å². The summed E-state index contributed by atoms with van der Waals surface area (Å²) >= 11 is 0. The van der Waals surface area contributed by atoms with Crippen molar-refractivity contribution in [2.45, 2.75) is 0 Å². The van der Waals surface area contributed by atoms with Crippen molar-refractivity contribution < 1.29 is 0 Å². The van der Waals surface area contributed by atoms with Gasteiger partial charge >= 0.3 is 0 Å². The van der Waals surface area contributed by atoms with E-state index in [9.17, 15) is 0 Å². The quantitative estimate of drug-likeness (QED) is 0.740. The van der Waals surface area contributed by atoms with Gasteiger partial charge in [0.2, 0.25) is 0 Å². The molecule has 2 aromatic rings. The third-order valence-corrected chi connectivity index (χ3v) is 2.55. The Labute approximate surface area is 106 Å². The first-order chi connectivity index (χ1) is 8.81. The molecular weight excluding hydrogens is 220 g/mol. The van der Waals surface area contributed by atoms with Crippen LogP contribution in [0.25, 0.3) is 12.2 Å². The van der Waals surface area contributed by atoms with Crippen LogP contribution < -0.4 is 0 Å². The van der Waals surface area contributed by atoms with Crippen molar-refractivity contribution >= 4 is 12.2 Å². The number of hydrogen-bond acceptors (Lipinski definition) is 2. The summed E-state index contributed by atoms with van der Waals surface area (Å²) in [6.07, 6.45) is 3.95. The molecule has 0 aliphatic heterocycles. The summed E-state index contributed by atoms with van der Waals surface area (Å²) in [6.45, 7) is 0. The predicted molar refractivity (Wildman–Crippen MR) is 71.2 cm³/mol. The van der Waals surface area contributed by atoms with Crippen molar-refractivity contribution in [2.75, 3.05) is 0 Å². The smallest absolute Gasteiger partial charge is 0.0991 e. The normalized spacial score (nSPS) is 9.89. The Bertz CT molecular complexity index is 576. The van der Waals surface area contributed by atoms with Crippen molar-refractivity contribution in [1.29, 1.82) is 10.5 Å². The maximum Gasteiger partial charge on any atom is 0.0991 e. The minimum absolute atomic E-state index is 0.658. The average molecular weight is 230 g/mol. The molecule has 2 nitrogen and oxygen atoms in total. The fraction of sp³-hybridized carbons (Fsp3) is 0. The number of hydrogen-bond donors (Lipinski definition) is 0. The predicted octanol–water partition coefficient (Wildman–Crippen LogP) is 3.60. The van der Waals surface area contributed by atoms with E-state index in [1.807, 2.05) is 36.4 Å². The van der Waals surface area contributed by atoms with Gasteiger partial charge in [0.05, 0.1) is 23.3 Å². The van der Waals surface area contributed by atoms with Gasteiger partial charge in [0, 0.05) is 0 Å². The van der Waals surface area contributed by atoms with Crippen LogP contribution in [0.15, 0.2) is 48.5 Å². The molecule has 18 heavy (non-hydrogen) atoms. The monoisotopic (exact) mass is 230 g/mol. The van der Waals surface area contributed by atoms with Gasteiger partial charge in [0.1, 0.15) is 0 Å². The van der Waals surface area contributed by atoms with E-state index < -0.39 is 0 Å². The van der Waals surface area contributed by atoms with Crippen molar-refractivity contribution in [3.05, 3.63) is 70.8 Å². The van der Waals surface area contributed by atoms with E-state index >= 15 is 0 Å². The first-order valence-electron chi connectivity index (χ1n) is 5.50. The molecule has 0 aliphatic rings. The Morgan fingerprint density at radius 1 is 0.611 bits per heavy atom. The average Bonchev–Trinajstić information content (AvgIpc) is 2.46. The molecule has 0 atom stereocenters. The van der Waals surface area contributed by atoms with Gasteiger partial charge in [0.15, 0.2) is 0 Å². The number of benzene rings is 2. The SMILES string of the molecule is N#Cc1ccc(/C=C/c2ccc(C#N)cc2)cc1. The minimum Gasteiger partial charge on any atom is -0.192 e. The molecule has 0 aromatic heterocycles. The number of nitriles is 2. The van der Waals surface area contributed by atoms with E-state index in [1.165, 1.54) is 0 Å². The summed E-state index contributed by atoms with van der Waals surface area (Å²) in [5.41, 5.74) is 3.40. The van der Waals surface area contributed by atoms with Gasteiger partial charge in [-0.15, -0.1) is 0 Å². The topological polar surface area (TPSA) is 47.6 Å². The standard InChI is InChI=1S/C16H10N2/c17-11-15-7-3-13(4-8-15)1-2-14-5-9-16(12-18)10-6-14/h1-10H/b2-1+. The summed E-state index contributed by atoms with van der Waals surface area (Å²) in [5, 5.41) is 17.4. The largest absolute Gasteiger partial charge is 0.192 e. The molecule has 0 amide bonds. The first kappa shape index (κ1) is 11.6. The van der Waals surface area contributed by atoms with Crippen LogP contribution in [-0.4, -0.2) is 0 Å². The molecular formula is C16H10N2. The highest BCUT2D eigenvalue weighted by Gasteiger charge is 1.91. The molecule has 0 saturated heterocycles. The van der Waals surface area contributed by atoms with Gasteiger partial charge in [-0.25, -0.2) is 0 Å². The molecule has 0 radical (unpaired) electrons. The molecule has 0 saturated carbocycles. The lowest BCUT2D eigenvalue weighted by Crippen LogP contribution is -1.77. The van der Waals surface area contributed by atoms with E-state index in [-0.39, 0.29) is 0 Å². The molecule has 0 fully saturated rings. The van der Waals surface area contributed by atoms with Crippen molar-refractivity contribution in [2.24, 2.45) is 0 Å². The molecule has 84 valence electrons. The van der Waals surface area contributed by atoms with E-state index in [0.717, 1.165) is 11.1 Å². The van der Waals surface area contributed by atoms with Gasteiger partial charge in [-0.2, -0.15) is 10.5 Å². The van der Waals surface area contributed by atoms with Gasteiger partial charge in [-0.3, -0.25) is 0 Å². The minimum atomic E-state index is 0.658. The Morgan fingerprint density at radius 2 is 0.944 bits per heavy atom. The highest BCUT2D eigenvalue weighted by atomic mass is 14.2. The van der Waals surface area contributed by atoms with Crippen LogP contribution in [-0.2, 0) is 0 Å². The van der Waals surface area contributed by atoms with Crippen LogP contribution in [0.1, 0.15) is 22.3 Å². The Kier molecular flexibility index (Phi) is 3.54. The fourth-order valence-electron chi connectivity index (χ4n) is 1.53. The maximum absolute atomic E-state index is 8.69. The Hall–Kier alpha value is -2.84. The maximum atomic E-state index is 8.69. The fourth-order valence-corrected chi connectivity index (χ4v) is 1.53. The second kappa shape index (κ2) is 5.48. The Balaban J connectivity index is 2.14. The first-order valence-corrected chi connectivity index (χ1v) is 5.50. The van der Waals surface area contributed by atoms with Gasteiger partial charge in [-0.1, -0.05) is 36.4 Å². The molecule has 2 rings (SSSR count). The third kappa shape index (κ3) is 2.84. The summed E-state index contributed by atoms with van der Waals surface area (Å²) in [6, 6.07) is 18.9. The lowest BCUT2D eigenvalue weighted by molar-refractivity contribution is 1.48. The van der Waals surface area contributed by atoms with Crippen LogP contribution in [0, 0.1) is 22.7 Å². The molecule has 0 heterocycles. The number of nitrogens with zero attached hydrogens (tertiary/aromatic N) is 2. The van der Waals surface area contributed by atoms with Crippen LogP contribution in [0.4, 0.5) is 0 Å². The van der Waals surface area contributed by atoms with Crippen LogP contribution >= 0.6 is 0 Å². The molecule has 0 bridgehead atoms. The van der Waals surface area contributed by atoms with E-state index in [2.05, 4.69) is 12.1 Å². The lowest BCUT2D eigenvalue weighted by Gasteiger charge is -1.95. The zero-order valence-corrected chi connectivity index (χ0v) is 9.67. The van der Waals surface area contributed by atoms with Gasteiger partial charge < -0.3 is 0 Å². The van der Waals surface area contributed by atoms with Crippen molar-refractivity contribution in [3.8, 4) is 12.1 Å². The zero-order chi connectivity index (χ0) is 12.8. The molecule has 0 N–H and O–H groups in total. The molecule has 2 aromatic carbocycles. The van der Waals surface area contributed by atoms with Crippen molar-refractivity contribution in [3.63, 3.8) is 0 Å². The summed E-state index contributed by atoms with van der Waals surface area (Å²) in [5.74, 6) is 0. The zero-order valence-electron chi connectivity index (χ0n) is 9.67. The molecule has 2 heteroatoms. The Morgan fingerprint density at radius 3 is 1.22 bits per heavy atom. The van der Waals surface area contributed by atoms with Crippen LogP contribution in [0.2, 0.25) is 0 Å². The van der Waals surface area contributed by atoms with Crippen LogP contribution in [0.5, 0.6) is 0 Å². The highest BCUT2D eigenvalue weighted by Crippen LogP contribution is 2.10.